The van der Waals surface area contributed by atoms with Crippen LogP contribution in [0, 0.1) is 5.82 Å². The van der Waals surface area contributed by atoms with Crippen molar-refractivity contribution in [2.24, 2.45) is 4.99 Å². The molecule has 2 aliphatic heterocycles. The predicted molar refractivity (Wildman–Crippen MR) is 83.3 cm³/mol. The van der Waals surface area contributed by atoms with Gasteiger partial charge in [-0.25, -0.2) is 9.38 Å². The number of allylic oxidation sites excluding steroid dienone is 1. The van der Waals surface area contributed by atoms with Crippen LogP contribution >= 0.6 is 27.7 Å². The second-order valence-corrected chi connectivity index (χ2v) is 6.32. The first kappa shape index (κ1) is 13.7. The van der Waals surface area contributed by atoms with Crippen molar-refractivity contribution in [3.05, 3.63) is 51.4 Å². The molecule has 0 spiro atoms. The third-order valence-corrected chi connectivity index (χ3v) is 5.23. The molecule has 0 saturated carbocycles. The van der Waals surface area contributed by atoms with Crippen LogP contribution in [0.1, 0.15) is 6.92 Å². The molecular formula is C14H12BrFN2OS. The van der Waals surface area contributed by atoms with Gasteiger partial charge in [-0.15, -0.1) is 0 Å². The maximum absolute atomic E-state index is 12.8. The van der Waals surface area contributed by atoms with E-state index in [0.717, 1.165) is 22.0 Å². The van der Waals surface area contributed by atoms with Crippen LogP contribution in [0.3, 0.4) is 0 Å². The molecule has 0 atom stereocenters. The third kappa shape index (κ3) is 2.76. The van der Waals surface area contributed by atoms with Gasteiger partial charge in [-0.05, 0) is 53.2 Å². The van der Waals surface area contributed by atoms with Gasteiger partial charge < -0.3 is 9.64 Å². The van der Waals surface area contributed by atoms with Gasteiger partial charge in [0.2, 0.25) is 0 Å². The Morgan fingerprint density at radius 3 is 2.90 bits per heavy atom. The Labute approximate surface area is 129 Å². The number of ether oxygens (including phenoxy) is 1. The van der Waals surface area contributed by atoms with Crippen LogP contribution in [0.25, 0.3) is 0 Å². The Balaban J connectivity index is 1.63. The molecule has 1 aromatic carbocycles. The van der Waals surface area contributed by atoms with Crippen molar-refractivity contribution >= 4 is 32.9 Å². The van der Waals surface area contributed by atoms with Crippen molar-refractivity contribution in [1.82, 2.24) is 4.90 Å². The summed E-state index contributed by atoms with van der Waals surface area (Å²) in [6.07, 6.45) is 2.04. The van der Waals surface area contributed by atoms with Gasteiger partial charge >= 0.3 is 0 Å². The normalized spacial score (nSPS) is 17.9. The number of thioether (sulfide) groups is 1. The first-order valence-electron chi connectivity index (χ1n) is 6.11. The van der Waals surface area contributed by atoms with Crippen molar-refractivity contribution < 1.29 is 9.13 Å². The summed E-state index contributed by atoms with van der Waals surface area (Å²) < 4.78 is 19.5. The zero-order valence-electron chi connectivity index (χ0n) is 10.8. The molecule has 3 rings (SSSR count). The third-order valence-electron chi connectivity index (χ3n) is 2.95. The fourth-order valence-electron chi connectivity index (χ4n) is 1.89. The Morgan fingerprint density at radius 1 is 1.40 bits per heavy atom. The monoisotopic (exact) mass is 354 g/mol. The number of aliphatic imine (C=N–C) groups is 1. The number of hydrogen-bond acceptors (Lipinski definition) is 4. The summed E-state index contributed by atoms with van der Waals surface area (Å²) in [5.41, 5.74) is 0.892. The van der Waals surface area contributed by atoms with Gasteiger partial charge in [0, 0.05) is 11.4 Å². The molecule has 0 saturated heterocycles. The predicted octanol–water partition coefficient (Wildman–Crippen LogP) is 4.09. The van der Waals surface area contributed by atoms with E-state index < -0.39 is 0 Å². The maximum atomic E-state index is 12.8. The summed E-state index contributed by atoms with van der Waals surface area (Å²) in [4.78, 5) is 7.89. The number of rotatable bonds is 3. The second-order valence-electron chi connectivity index (χ2n) is 4.39. The Bertz CT molecular complexity index is 625. The summed E-state index contributed by atoms with van der Waals surface area (Å²) in [6, 6.07) is 6.00. The smallest absolute Gasteiger partial charge is 0.174 e. The zero-order valence-corrected chi connectivity index (χ0v) is 13.2. The van der Waals surface area contributed by atoms with Crippen LogP contribution in [0.4, 0.5) is 4.39 Å². The van der Waals surface area contributed by atoms with Crippen LogP contribution in [-0.2, 0) is 0 Å². The lowest BCUT2D eigenvalue weighted by Crippen LogP contribution is -2.26. The SMILES string of the molecule is CC1=C(Br)N2CC=C(COc3ccc(F)cc3)N=C2S1. The average molecular weight is 355 g/mol. The fraction of sp³-hybridized carbons (Fsp3) is 0.214. The lowest BCUT2D eigenvalue weighted by Gasteiger charge is -2.21. The molecule has 0 N–H and O–H groups in total. The van der Waals surface area contributed by atoms with E-state index in [0.29, 0.717) is 12.4 Å². The molecular weight excluding hydrogens is 343 g/mol. The summed E-state index contributed by atoms with van der Waals surface area (Å²) in [7, 11) is 0. The molecule has 20 heavy (non-hydrogen) atoms. The Morgan fingerprint density at radius 2 is 2.15 bits per heavy atom. The van der Waals surface area contributed by atoms with Gasteiger partial charge in [0.15, 0.2) is 5.17 Å². The lowest BCUT2D eigenvalue weighted by atomic mass is 10.3. The van der Waals surface area contributed by atoms with E-state index >= 15 is 0 Å². The molecule has 6 heteroatoms. The lowest BCUT2D eigenvalue weighted by molar-refractivity contribution is 0.348. The van der Waals surface area contributed by atoms with E-state index in [-0.39, 0.29) is 5.82 Å². The molecule has 1 aromatic rings. The first-order valence-corrected chi connectivity index (χ1v) is 7.72. The van der Waals surface area contributed by atoms with Gasteiger partial charge in [-0.1, -0.05) is 11.8 Å². The van der Waals surface area contributed by atoms with E-state index in [4.69, 9.17) is 4.74 Å². The van der Waals surface area contributed by atoms with Crippen molar-refractivity contribution in [2.45, 2.75) is 6.92 Å². The fourth-order valence-corrected chi connectivity index (χ4v) is 3.47. The molecule has 0 aliphatic carbocycles. The number of halogens is 2. The van der Waals surface area contributed by atoms with Crippen molar-refractivity contribution in [1.29, 1.82) is 0 Å². The van der Waals surface area contributed by atoms with Crippen LogP contribution in [0.15, 0.2) is 50.5 Å². The summed E-state index contributed by atoms with van der Waals surface area (Å²) >= 11 is 5.20. The first-order chi connectivity index (χ1) is 9.63. The summed E-state index contributed by atoms with van der Waals surface area (Å²) in [6.45, 7) is 3.23. The molecule has 3 nitrogen and oxygen atoms in total. The number of nitrogens with zero attached hydrogens (tertiary/aromatic N) is 2. The molecule has 2 aliphatic rings. The van der Waals surface area contributed by atoms with Gasteiger partial charge in [0.25, 0.3) is 0 Å². The highest BCUT2D eigenvalue weighted by Gasteiger charge is 2.27. The maximum Gasteiger partial charge on any atom is 0.174 e. The standard InChI is InChI=1S/C14H12BrFN2OS/c1-9-13(15)18-7-6-11(17-14(18)20-9)8-19-12-4-2-10(16)3-5-12/h2-6H,7-8H2,1H3. The summed E-state index contributed by atoms with van der Waals surface area (Å²) in [5.74, 6) is 0.378. The van der Waals surface area contributed by atoms with E-state index in [1.54, 1.807) is 23.9 Å². The second kappa shape index (κ2) is 5.61. The molecule has 0 radical (unpaired) electrons. The zero-order chi connectivity index (χ0) is 14.1. The Hall–Kier alpha value is -1.27. The van der Waals surface area contributed by atoms with Gasteiger partial charge in [-0.2, -0.15) is 0 Å². The number of fused-ring (bicyclic) bond motifs is 1. The Kier molecular flexibility index (Phi) is 3.85. The van der Waals surface area contributed by atoms with Crippen molar-refractivity contribution in [3.8, 4) is 5.75 Å². The highest BCUT2D eigenvalue weighted by Crippen LogP contribution is 2.38. The summed E-state index contributed by atoms with van der Waals surface area (Å²) in [5, 5.41) is 0.967. The van der Waals surface area contributed by atoms with E-state index in [2.05, 4.69) is 32.7 Å². The van der Waals surface area contributed by atoms with Crippen molar-refractivity contribution in [3.63, 3.8) is 0 Å². The molecule has 0 fully saturated rings. The largest absolute Gasteiger partial charge is 0.487 e. The average Bonchev–Trinajstić information content (AvgIpc) is 2.73. The van der Waals surface area contributed by atoms with E-state index in [9.17, 15) is 4.39 Å². The van der Waals surface area contributed by atoms with Crippen LogP contribution in [0.5, 0.6) is 5.75 Å². The quantitative estimate of drug-likeness (QED) is 0.764. The van der Waals surface area contributed by atoms with Gasteiger partial charge in [0.05, 0.1) is 10.3 Å². The minimum atomic E-state index is -0.265. The minimum Gasteiger partial charge on any atom is -0.487 e. The molecule has 0 aromatic heterocycles. The highest BCUT2D eigenvalue weighted by molar-refractivity contribution is 9.11. The minimum absolute atomic E-state index is 0.265. The molecule has 0 unspecified atom stereocenters. The molecule has 0 amide bonds. The number of benzene rings is 1. The molecule has 0 bridgehead atoms. The number of hydrogen-bond donors (Lipinski definition) is 0. The topological polar surface area (TPSA) is 24.8 Å². The van der Waals surface area contributed by atoms with Crippen molar-refractivity contribution in [2.75, 3.05) is 13.2 Å². The molecule has 104 valence electrons. The highest BCUT2D eigenvalue weighted by atomic mass is 79.9. The van der Waals surface area contributed by atoms with Crippen LogP contribution in [-0.4, -0.2) is 23.2 Å². The van der Waals surface area contributed by atoms with Gasteiger partial charge in [-0.3, -0.25) is 0 Å². The number of amidine groups is 1. The molecule has 2 heterocycles. The van der Waals surface area contributed by atoms with Crippen LogP contribution < -0.4 is 4.74 Å². The van der Waals surface area contributed by atoms with E-state index in [1.165, 1.54) is 17.0 Å². The van der Waals surface area contributed by atoms with E-state index in [1.807, 2.05) is 6.08 Å². The van der Waals surface area contributed by atoms with Gasteiger partial charge in [0.1, 0.15) is 18.2 Å². The van der Waals surface area contributed by atoms with Crippen LogP contribution in [0.2, 0.25) is 0 Å².